The predicted octanol–water partition coefficient (Wildman–Crippen LogP) is 2.04. The van der Waals surface area contributed by atoms with Crippen LogP contribution in [0.2, 0.25) is 0 Å². The lowest BCUT2D eigenvalue weighted by Crippen LogP contribution is -2.43. The number of carbonyl (C=O) groups is 1. The van der Waals surface area contributed by atoms with Gasteiger partial charge in [-0.3, -0.25) is 9.69 Å². The van der Waals surface area contributed by atoms with Crippen LogP contribution in [-0.4, -0.2) is 43.7 Å². The first-order valence-corrected chi connectivity index (χ1v) is 7.81. The third kappa shape index (κ3) is 4.30. The number of rotatable bonds is 6. The molecule has 0 aromatic carbocycles. The predicted molar refractivity (Wildman–Crippen MR) is 77.4 cm³/mol. The molecule has 19 heavy (non-hydrogen) atoms. The molecular weight excluding hydrogens is 260 g/mol. The van der Waals surface area contributed by atoms with Crippen LogP contribution in [0.3, 0.4) is 0 Å². The Morgan fingerprint density at radius 3 is 2.95 bits per heavy atom. The topological polar surface area (TPSA) is 41.6 Å². The maximum atomic E-state index is 11.6. The van der Waals surface area contributed by atoms with Crippen LogP contribution in [0, 0.1) is 0 Å². The summed E-state index contributed by atoms with van der Waals surface area (Å²) in [6.45, 7) is 6.16. The maximum absolute atomic E-state index is 11.6. The van der Waals surface area contributed by atoms with Crippen LogP contribution in [-0.2, 0) is 9.53 Å². The molecule has 4 nitrogen and oxygen atoms in total. The third-order valence-corrected chi connectivity index (χ3v) is 4.30. The highest BCUT2D eigenvalue weighted by molar-refractivity contribution is 7.10. The lowest BCUT2D eigenvalue weighted by atomic mass is 10.2. The highest BCUT2D eigenvalue weighted by atomic mass is 32.1. The fourth-order valence-electron chi connectivity index (χ4n) is 2.31. The summed E-state index contributed by atoms with van der Waals surface area (Å²) in [4.78, 5) is 15.4. The molecule has 1 aromatic rings. The molecule has 2 rings (SSSR count). The molecule has 106 valence electrons. The zero-order chi connectivity index (χ0) is 13.5. The summed E-state index contributed by atoms with van der Waals surface area (Å²) in [7, 11) is 0. The lowest BCUT2D eigenvalue weighted by molar-refractivity contribution is -0.121. The highest BCUT2D eigenvalue weighted by Crippen LogP contribution is 2.25. The molecule has 1 N–H and O–H groups in total. The van der Waals surface area contributed by atoms with Gasteiger partial charge in [-0.05, 0) is 17.9 Å². The molecule has 1 fully saturated rings. The maximum Gasteiger partial charge on any atom is 0.220 e. The molecule has 5 heteroatoms. The SMILES string of the molecule is CCCC(=O)NCC(c1cccs1)N1CCOCC1. The minimum atomic E-state index is 0.150. The van der Waals surface area contributed by atoms with E-state index in [1.165, 1.54) is 4.88 Å². The van der Waals surface area contributed by atoms with Gasteiger partial charge in [0.25, 0.3) is 0 Å². The number of amides is 1. The van der Waals surface area contributed by atoms with E-state index in [-0.39, 0.29) is 11.9 Å². The first-order valence-electron chi connectivity index (χ1n) is 6.93. The minimum Gasteiger partial charge on any atom is -0.379 e. The monoisotopic (exact) mass is 282 g/mol. The van der Waals surface area contributed by atoms with Gasteiger partial charge in [-0.2, -0.15) is 0 Å². The molecule has 2 heterocycles. The molecule has 1 amide bonds. The van der Waals surface area contributed by atoms with Crippen molar-refractivity contribution in [2.24, 2.45) is 0 Å². The molecule has 0 radical (unpaired) electrons. The van der Waals surface area contributed by atoms with E-state index < -0.39 is 0 Å². The van der Waals surface area contributed by atoms with E-state index in [1.54, 1.807) is 11.3 Å². The van der Waals surface area contributed by atoms with E-state index in [9.17, 15) is 4.79 Å². The number of carbonyl (C=O) groups excluding carboxylic acids is 1. The van der Waals surface area contributed by atoms with E-state index in [0.717, 1.165) is 32.7 Å². The van der Waals surface area contributed by atoms with Crippen molar-refractivity contribution in [2.75, 3.05) is 32.8 Å². The Morgan fingerprint density at radius 2 is 2.32 bits per heavy atom. The van der Waals surface area contributed by atoms with Crippen LogP contribution in [0.25, 0.3) is 0 Å². The molecule has 0 aliphatic carbocycles. The average molecular weight is 282 g/mol. The molecule has 0 bridgehead atoms. The number of hydrogen-bond donors (Lipinski definition) is 1. The van der Waals surface area contributed by atoms with Crippen molar-refractivity contribution in [1.82, 2.24) is 10.2 Å². The summed E-state index contributed by atoms with van der Waals surface area (Å²) in [6.07, 6.45) is 1.51. The number of ether oxygens (including phenoxy) is 1. The zero-order valence-electron chi connectivity index (χ0n) is 11.4. The zero-order valence-corrected chi connectivity index (χ0v) is 12.2. The van der Waals surface area contributed by atoms with E-state index >= 15 is 0 Å². The van der Waals surface area contributed by atoms with Gasteiger partial charge in [0.1, 0.15) is 0 Å². The lowest BCUT2D eigenvalue weighted by Gasteiger charge is -2.34. The van der Waals surface area contributed by atoms with E-state index in [2.05, 4.69) is 27.7 Å². The van der Waals surface area contributed by atoms with Gasteiger partial charge in [0.15, 0.2) is 0 Å². The van der Waals surface area contributed by atoms with E-state index in [1.807, 2.05) is 6.92 Å². The highest BCUT2D eigenvalue weighted by Gasteiger charge is 2.23. The van der Waals surface area contributed by atoms with Gasteiger partial charge in [0.05, 0.1) is 19.3 Å². The molecular formula is C14H22N2O2S. The quantitative estimate of drug-likeness (QED) is 0.868. The molecule has 0 saturated carbocycles. The van der Waals surface area contributed by atoms with Gasteiger partial charge in [0, 0.05) is 30.9 Å². The van der Waals surface area contributed by atoms with Crippen molar-refractivity contribution in [3.8, 4) is 0 Å². The summed E-state index contributed by atoms with van der Waals surface area (Å²) >= 11 is 1.76. The molecule has 1 saturated heterocycles. The molecule has 0 spiro atoms. The Labute approximate surface area is 118 Å². The molecule has 1 aliphatic rings. The second kappa shape index (κ2) is 7.62. The molecule has 1 atom stereocenters. The van der Waals surface area contributed by atoms with Crippen LogP contribution in [0.4, 0.5) is 0 Å². The average Bonchev–Trinajstić information content (AvgIpc) is 2.94. The smallest absolute Gasteiger partial charge is 0.220 e. The van der Waals surface area contributed by atoms with Crippen molar-refractivity contribution in [3.63, 3.8) is 0 Å². The summed E-state index contributed by atoms with van der Waals surface area (Å²) in [5.41, 5.74) is 0. The van der Waals surface area contributed by atoms with Crippen LogP contribution in [0.15, 0.2) is 17.5 Å². The minimum absolute atomic E-state index is 0.150. The number of morpholine rings is 1. The fourth-order valence-corrected chi connectivity index (χ4v) is 3.17. The van der Waals surface area contributed by atoms with Crippen LogP contribution in [0.1, 0.15) is 30.7 Å². The number of hydrogen-bond acceptors (Lipinski definition) is 4. The third-order valence-electron chi connectivity index (χ3n) is 3.33. The summed E-state index contributed by atoms with van der Waals surface area (Å²) in [6, 6.07) is 4.50. The summed E-state index contributed by atoms with van der Waals surface area (Å²) in [5.74, 6) is 0.150. The number of nitrogens with one attached hydrogen (secondary N) is 1. The van der Waals surface area contributed by atoms with Gasteiger partial charge in [-0.15, -0.1) is 11.3 Å². The largest absolute Gasteiger partial charge is 0.379 e. The summed E-state index contributed by atoms with van der Waals surface area (Å²) < 4.78 is 5.41. The Kier molecular flexibility index (Phi) is 5.82. The first-order chi connectivity index (χ1) is 9.31. The molecule has 1 unspecified atom stereocenters. The van der Waals surface area contributed by atoms with Gasteiger partial charge in [-0.25, -0.2) is 0 Å². The van der Waals surface area contributed by atoms with E-state index in [4.69, 9.17) is 4.74 Å². The van der Waals surface area contributed by atoms with Crippen molar-refractivity contribution in [2.45, 2.75) is 25.8 Å². The first kappa shape index (κ1) is 14.5. The van der Waals surface area contributed by atoms with Crippen molar-refractivity contribution in [3.05, 3.63) is 22.4 Å². The van der Waals surface area contributed by atoms with Gasteiger partial charge in [0.2, 0.25) is 5.91 Å². The number of thiophene rings is 1. The molecule has 1 aliphatic heterocycles. The Balaban J connectivity index is 1.96. The van der Waals surface area contributed by atoms with Gasteiger partial charge >= 0.3 is 0 Å². The fraction of sp³-hybridized carbons (Fsp3) is 0.643. The number of nitrogens with zero attached hydrogens (tertiary/aromatic N) is 1. The van der Waals surface area contributed by atoms with Gasteiger partial charge < -0.3 is 10.1 Å². The van der Waals surface area contributed by atoms with Crippen molar-refractivity contribution < 1.29 is 9.53 Å². The van der Waals surface area contributed by atoms with Crippen LogP contribution < -0.4 is 5.32 Å². The van der Waals surface area contributed by atoms with Crippen LogP contribution >= 0.6 is 11.3 Å². The second-order valence-corrected chi connectivity index (χ2v) is 5.71. The van der Waals surface area contributed by atoms with Crippen LogP contribution in [0.5, 0.6) is 0 Å². The summed E-state index contributed by atoms with van der Waals surface area (Å²) in [5, 5.41) is 5.15. The second-order valence-electron chi connectivity index (χ2n) is 4.73. The molecule has 1 aromatic heterocycles. The van der Waals surface area contributed by atoms with Crippen molar-refractivity contribution in [1.29, 1.82) is 0 Å². The normalized spacial score (nSPS) is 18.2. The Bertz CT molecular complexity index is 375. The van der Waals surface area contributed by atoms with Crippen molar-refractivity contribution >= 4 is 17.2 Å². The standard InChI is InChI=1S/C14H22N2O2S/c1-2-4-14(17)15-11-12(13-5-3-10-19-13)16-6-8-18-9-7-16/h3,5,10,12H,2,4,6-9,11H2,1H3,(H,15,17). The Hall–Kier alpha value is -0.910. The Morgan fingerprint density at radius 1 is 1.53 bits per heavy atom. The van der Waals surface area contributed by atoms with E-state index in [0.29, 0.717) is 13.0 Å². The van der Waals surface area contributed by atoms with Gasteiger partial charge in [-0.1, -0.05) is 13.0 Å².